The minimum Gasteiger partial charge on any atom is -0.349 e. The summed E-state index contributed by atoms with van der Waals surface area (Å²) in [4.78, 5) is 38.0. The fourth-order valence-corrected chi connectivity index (χ4v) is 6.48. The first-order valence-electron chi connectivity index (χ1n) is 13.6. The third-order valence-electron chi connectivity index (χ3n) is 8.56. The molecule has 1 aliphatic carbocycles. The molecule has 1 saturated carbocycles. The van der Waals surface area contributed by atoms with Gasteiger partial charge in [-0.25, -0.2) is 0 Å². The van der Waals surface area contributed by atoms with E-state index in [4.69, 9.17) is 28.2 Å². The molecule has 206 valence electrons. The van der Waals surface area contributed by atoms with E-state index in [0.29, 0.717) is 39.3 Å². The number of amides is 2. The van der Waals surface area contributed by atoms with Crippen LogP contribution in [0, 0.1) is 11.3 Å². The molecule has 0 bridgehead atoms. The number of benzene rings is 2. The number of halogens is 2. The number of carbonyl (C=O) groups is 2. The number of carbonyl (C=O) groups excluding carboxylic acids is 2. The predicted molar refractivity (Wildman–Crippen MR) is 158 cm³/mol. The first-order valence-corrected chi connectivity index (χ1v) is 14.4. The van der Waals surface area contributed by atoms with Gasteiger partial charge in [-0.2, -0.15) is 0 Å². The lowest BCUT2D eigenvalue weighted by Crippen LogP contribution is -2.50. The molecule has 1 spiro atoms. The maximum Gasteiger partial charge on any atom is 0.275 e. The van der Waals surface area contributed by atoms with Crippen molar-refractivity contribution in [3.05, 3.63) is 69.2 Å². The minimum atomic E-state index is -0.627. The van der Waals surface area contributed by atoms with Crippen LogP contribution in [0.2, 0.25) is 10.0 Å². The molecule has 2 aliphatic heterocycles. The summed E-state index contributed by atoms with van der Waals surface area (Å²) in [5.74, 6) is 0.314. The fraction of sp³-hybridized carbons (Fsp3) is 0.484. The van der Waals surface area contributed by atoms with Crippen molar-refractivity contribution in [2.75, 3.05) is 6.54 Å². The van der Waals surface area contributed by atoms with Gasteiger partial charge in [0.2, 0.25) is 0 Å². The van der Waals surface area contributed by atoms with Crippen molar-refractivity contribution in [3.63, 3.8) is 0 Å². The summed E-state index contributed by atoms with van der Waals surface area (Å²) < 4.78 is 0. The van der Waals surface area contributed by atoms with E-state index < -0.39 is 5.66 Å². The lowest BCUT2D eigenvalue weighted by Gasteiger charge is -2.46. The van der Waals surface area contributed by atoms with Gasteiger partial charge in [0.15, 0.2) is 0 Å². The lowest BCUT2D eigenvalue weighted by atomic mass is 9.69. The zero-order chi connectivity index (χ0) is 28.2. The minimum absolute atomic E-state index is 0.116. The Bertz CT molecular complexity index is 1330. The Morgan fingerprint density at radius 3 is 2.23 bits per heavy atom. The smallest absolute Gasteiger partial charge is 0.275 e. The molecule has 0 radical (unpaired) electrons. The third-order valence-corrected chi connectivity index (χ3v) is 8.99. The number of hydrogen-bond acceptors (Lipinski definition) is 4. The number of nitrogens with one attached hydrogen (secondary N) is 1. The summed E-state index contributed by atoms with van der Waals surface area (Å²) in [6.45, 7) is 11.4. The summed E-state index contributed by atoms with van der Waals surface area (Å²) in [6.07, 6.45) is 5.42. The SMILES string of the molecule is CC(c1ccc(C(=O)NCC2(C)C=N2)cc1)N1C(=O)C(c2cc(Cl)cc(Cl)c2)=NC12CCC(C(C)(C)C)CC2. The monoisotopic (exact) mass is 566 g/mol. The molecule has 3 aliphatic rings. The van der Waals surface area contributed by atoms with E-state index in [1.807, 2.05) is 49.2 Å². The van der Waals surface area contributed by atoms with Crippen LogP contribution < -0.4 is 5.32 Å². The average molecular weight is 568 g/mol. The average Bonchev–Trinajstić information content (AvgIpc) is 3.55. The van der Waals surface area contributed by atoms with Crippen molar-refractivity contribution in [1.29, 1.82) is 0 Å². The quantitative estimate of drug-likeness (QED) is 0.413. The summed E-state index contributed by atoms with van der Waals surface area (Å²) >= 11 is 12.6. The van der Waals surface area contributed by atoms with Crippen LogP contribution in [0.1, 0.15) is 87.8 Å². The fourth-order valence-electron chi connectivity index (χ4n) is 5.95. The van der Waals surface area contributed by atoms with Crippen molar-refractivity contribution in [3.8, 4) is 0 Å². The topological polar surface area (TPSA) is 74.1 Å². The van der Waals surface area contributed by atoms with E-state index in [-0.39, 0.29) is 28.8 Å². The van der Waals surface area contributed by atoms with Gasteiger partial charge < -0.3 is 10.2 Å². The molecule has 1 fully saturated rings. The molecule has 2 unspecified atom stereocenters. The number of nitrogens with zero attached hydrogens (tertiary/aromatic N) is 3. The predicted octanol–water partition coefficient (Wildman–Crippen LogP) is 6.89. The molecule has 8 heteroatoms. The van der Waals surface area contributed by atoms with Crippen LogP contribution in [0.15, 0.2) is 52.4 Å². The number of hydrogen-bond donors (Lipinski definition) is 1. The van der Waals surface area contributed by atoms with Gasteiger partial charge in [-0.3, -0.25) is 19.6 Å². The van der Waals surface area contributed by atoms with Gasteiger partial charge in [0.25, 0.3) is 11.8 Å². The molecule has 2 aromatic rings. The van der Waals surface area contributed by atoms with Crippen LogP contribution in [0.4, 0.5) is 0 Å². The third kappa shape index (κ3) is 5.64. The zero-order valence-corrected chi connectivity index (χ0v) is 24.7. The van der Waals surface area contributed by atoms with Crippen LogP contribution in [-0.4, -0.2) is 46.4 Å². The van der Waals surface area contributed by atoms with Gasteiger partial charge in [-0.1, -0.05) is 56.1 Å². The largest absolute Gasteiger partial charge is 0.349 e. The van der Waals surface area contributed by atoms with Gasteiger partial charge in [0.1, 0.15) is 16.9 Å². The molecule has 5 rings (SSSR count). The first kappa shape index (κ1) is 27.9. The Hall–Kier alpha value is -2.70. The Morgan fingerprint density at radius 1 is 1.10 bits per heavy atom. The van der Waals surface area contributed by atoms with Crippen molar-refractivity contribution in [2.24, 2.45) is 21.3 Å². The highest BCUT2D eigenvalue weighted by Crippen LogP contribution is 2.49. The molecule has 2 heterocycles. The van der Waals surface area contributed by atoms with E-state index >= 15 is 0 Å². The van der Waals surface area contributed by atoms with E-state index in [1.165, 1.54) is 0 Å². The standard InChI is InChI=1S/C31H36Cl2N4O2/c1-19(20-6-8-21(9-7-20)27(38)34-17-30(5)18-35-30)37-28(39)26(22-14-24(32)16-25(33)15-22)36-31(37)12-10-23(11-13-31)29(2,3)4/h6-9,14-16,18-19,23H,10-13,17H2,1-5H3,(H,34,38). The van der Waals surface area contributed by atoms with Crippen LogP contribution >= 0.6 is 23.2 Å². The van der Waals surface area contributed by atoms with E-state index in [1.54, 1.807) is 18.2 Å². The van der Waals surface area contributed by atoms with Gasteiger partial charge >= 0.3 is 0 Å². The highest BCUT2D eigenvalue weighted by molar-refractivity contribution is 6.47. The molecule has 1 N–H and O–H groups in total. The normalized spacial score (nSPS) is 27.1. The van der Waals surface area contributed by atoms with Gasteiger partial charge in [0, 0.05) is 33.9 Å². The molecular formula is C31H36Cl2N4O2. The van der Waals surface area contributed by atoms with E-state index in [9.17, 15) is 9.59 Å². The Labute approximate surface area is 240 Å². The summed E-state index contributed by atoms with van der Waals surface area (Å²) in [5, 5.41) is 3.89. The van der Waals surface area contributed by atoms with Gasteiger partial charge in [-0.05, 0) is 86.8 Å². The maximum absolute atomic E-state index is 14.1. The van der Waals surface area contributed by atoms with Crippen LogP contribution in [0.5, 0.6) is 0 Å². The van der Waals surface area contributed by atoms with Crippen molar-refractivity contribution in [2.45, 2.75) is 77.5 Å². The molecule has 39 heavy (non-hydrogen) atoms. The van der Waals surface area contributed by atoms with Crippen LogP contribution in [0.25, 0.3) is 0 Å². The second-order valence-corrected chi connectivity index (χ2v) is 13.4. The molecular weight excluding hydrogens is 531 g/mol. The Balaban J connectivity index is 1.42. The Kier molecular flexibility index (Phi) is 7.17. The second-order valence-electron chi connectivity index (χ2n) is 12.5. The van der Waals surface area contributed by atoms with Crippen molar-refractivity contribution < 1.29 is 9.59 Å². The van der Waals surface area contributed by atoms with Gasteiger partial charge in [0.05, 0.1) is 6.04 Å². The van der Waals surface area contributed by atoms with Crippen molar-refractivity contribution >= 4 is 46.9 Å². The molecule has 0 aromatic heterocycles. The highest BCUT2D eigenvalue weighted by Gasteiger charge is 2.52. The maximum atomic E-state index is 14.1. The van der Waals surface area contributed by atoms with E-state index in [0.717, 1.165) is 31.2 Å². The second kappa shape index (κ2) is 10.0. The molecule has 6 nitrogen and oxygen atoms in total. The lowest BCUT2D eigenvalue weighted by molar-refractivity contribution is -0.132. The summed E-state index contributed by atoms with van der Waals surface area (Å²) in [6, 6.07) is 12.4. The first-order chi connectivity index (χ1) is 18.3. The van der Waals surface area contributed by atoms with Crippen LogP contribution in [-0.2, 0) is 4.79 Å². The molecule has 2 aromatic carbocycles. The van der Waals surface area contributed by atoms with Gasteiger partial charge in [-0.15, -0.1) is 0 Å². The summed E-state index contributed by atoms with van der Waals surface area (Å²) in [5.41, 5.74) is 1.91. The number of rotatable bonds is 6. The number of aliphatic imine (C=N–C) groups is 2. The highest BCUT2D eigenvalue weighted by atomic mass is 35.5. The van der Waals surface area contributed by atoms with Crippen molar-refractivity contribution in [1.82, 2.24) is 10.2 Å². The summed E-state index contributed by atoms with van der Waals surface area (Å²) in [7, 11) is 0. The van der Waals surface area contributed by atoms with Crippen LogP contribution in [0.3, 0.4) is 0 Å². The zero-order valence-electron chi connectivity index (χ0n) is 23.2. The van der Waals surface area contributed by atoms with E-state index in [2.05, 4.69) is 31.1 Å². The molecule has 2 atom stereocenters. The molecule has 2 amide bonds. The molecule has 0 saturated heterocycles. The Morgan fingerprint density at radius 2 is 1.69 bits per heavy atom.